The van der Waals surface area contributed by atoms with Crippen molar-refractivity contribution in [3.8, 4) is 35.4 Å². The van der Waals surface area contributed by atoms with Gasteiger partial charge in [0.05, 0.1) is 10.9 Å². The number of phenols is 1. The predicted octanol–water partition coefficient (Wildman–Crippen LogP) is 5.03. The van der Waals surface area contributed by atoms with Crippen LogP contribution in [0.3, 0.4) is 0 Å². The molecule has 5 saturated heterocycles. The molecular formula is C35H34F2N6O2. The van der Waals surface area contributed by atoms with Crippen molar-refractivity contribution in [2.45, 2.75) is 43.8 Å². The highest BCUT2D eigenvalue weighted by Crippen LogP contribution is 2.40. The summed E-state index contributed by atoms with van der Waals surface area (Å²) < 4.78 is 37.9. The minimum Gasteiger partial charge on any atom is -0.508 e. The number of benzene rings is 2. The standard InChI is InChI=1S/C35H34F2N6O2/c1-3-19-15-42-10-9-20(19)11-24(42)18-45-35-40-33-28(34(41-35)43-16-22-6-7-23(17-43)39-22)14-38-32(31(33)37)27-13-25(44)12-21-5-8-29(36)26(4-2)30(21)27/h2-3,5,8,12-14,19-20,22-24,39,44H,1,6-7,9-11,15-18H2/t19-,20?,22-,23+,24+/m0/s1. The van der Waals surface area contributed by atoms with Gasteiger partial charge in [-0.05, 0) is 67.6 Å². The largest absolute Gasteiger partial charge is 0.508 e. The fourth-order valence-corrected chi connectivity index (χ4v) is 8.03. The van der Waals surface area contributed by atoms with Gasteiger partial charge >= 0.3 is 6.01 Å². The number of nitrogens with zero attached hydrogens (tertiary/aromatic N) is 5. The Morgan fingerprint density at radius 1 is 1.13 bits per heavy atom. The fraction of sp³-hybridized carbons (Fsp3) is 0.400. The number of aromatic nitrogens is 3. The number of aromatic hydroxyl groups is 1. The molecule has 5 aliphatic rings. The molecule has 2 aromatic heterocycles. The van der Waals surface area contributed by atoms with E-state index >= 15 is 4.39 Å². The Morgan fingerprint density at radius 2 is 1.96 bits per heavy atom. The van der Waals surface area contributed by atoms with Gasteiger partial charge in [-0.3, -0.25) is 9.88 Å². The highest BCUT2D eigenvalue weighted by atomic mass is 19.1. The summed E-state index contributed by atoms with van der Waals surface area (Å²) in [6.07, 6.45) is 13.6. The number of fused-ring (bicyclic) bond motifs is 7. The summed E-state index contributed by atoms with van der Waals surface area (Å²) in [6.45, 7) is 7.88. The Morgan fingerprint density at radius 3 is 2.69 bits per heavy atom. The molecule has 5 aliphatic heterocycles. The van der Waals surface area contributed by atoms with Crippen molar-refractivity contribution < 1.29 is 18.6 Å². The van der Waals surface area contributed by atoms with E-state index in [4.69, 9.17) is 16.1 Å². The van der Waals surface area contributed by atoms with Crippen LogP contribution in [0, 0.1) is 35.8 Å². The van der Waals surface area contributed by atoms with Gasteiger partial charge in [-0.15, -0.1) is 13.0 Å². The summed E-state index contributed by atoms with van der Waals surface area (Å²) in [5.74, 6) is 2.62. The number of piperazine rings is 1. The molecule has 7 heterocycles. The summed E-state index contributed by atoms with van der Waals surface area (Å²) in [7, 11) is 0. The second kappa shape index (κ2) is 10.9. The number of hydrogen-bond donors (Lipinski definition) is 2. The second-order valence-electron chi connectivity index (χ2n) is 12.9. The summed E-state index contributed by atoms with van der Waals surface area (Å²) in [4.78, 5) is 18.6. The van der Waals surface area contributed by atoms with Gasteiger partial charge in [0.2, 0.25) is 0 Å². The summed E-state index contributed by atoms with van der Waals surface area (Å²) in [6, 6.07) is 6.56. The zero-order chi connectivity index (χ0) is 30.8. The number of piperidine rings is 3. The first-order chi connectivity index (χ1) is 21.9. The number of anilines is 1. The van der Waals surface area contributed by atoms with E-state index in [1.807, 2.05) is 0 Å². The number of ether oxygens (including phenoxy) is 1. The van der Waals surface area contributed by atoms with Gasteiger partial charge in [-0.1, -0.05) is 18.1 Å². The lowest BCUT2D eigenvalue weighted by molar-refractivity contribution is -0.00288. The normalized spacial score (nSPS) is 27.2. The first-order valence-electron chi connectivity index (χ1n) is 15.7. The zero-order valence-corrected chi connectivity index (χ0v) is 24.8. The molecule has 2 unspecified atom stereocenters. The first kappa shape index (κ1) is 28.2. The Bertz CT molecular complexity index is 1880. The third kappa shape index (κ3) is 4.77. The lowest BCUT2D eigenvalue weighted by Gasteiger charge is -2.48. The molecule has 9 rings (SSSR count). The van der Waals surface area contributed by atoms with Gasteiger partial charge in [0, 0.05) is 54.9 Å². The highest BCUT2D eigenvalue weighted by molar-refractivity contribution is 6.03. The molecule has 4 bridgehead atoms. The van der Waals surface area contributed by atoms with Crippen LogP contribution in [0.4, 0.5) is 14.6 Å². The van der Waals surface area contributed by atoms with E-state index in [2.05, 4.69) is 43.7 Å². The molecule has 2 N–H and O–H groups in total. The minimum absolute atomic E-state index is 0.0250. The number of halogens is 2. The predicted molar refractivity (Wildman–Crippen MR) is 169 cm³/mol. The van der Waals surface area contributed by atoms with E-state index in [-0.39, 0.29) is 40.1 Å². The maximum atomic E-state index is 16.8. The smallest absolute Gasteiger partial charge is 0.319 e. The van der Waals surface area contributed by atoms with Gasteiger partial charge in [0.15, 0.2) is 5.82 Å². The molecule has 0 aliphatic carbocycles. The van der Waals surface area contributed by atoms with E-state index < -0.39 is 11.6 Å². The lowest BCUT2D eigenvalue weighted by Crippen LogP contribution is -2.54. The fourth-order valence-electron chi connectivity index (χ4n) is 8.03. The Hall–Kier alpha value is -4.33. The molecule has 10 heteroatoms. The Labute approximate surface area is 260 Å². The first-order valence-corrected chi connectivity index (χ1v) is 15.7. The topological polar surface area (TPSA) is 86.6 Å². The maximum absolute atomic E-state index is 16.8. The van der Waals surface area contributed by atoms with Gasteiger partial charge in [-0.25, -0.2) is 8.78 Å². The number of terminal acetylenes is 1. The summed E-state index contributed by atoms with van der Waals surface area (Å²) >= 11 is 0. The maximum Gasteiger partial charge on any atom is 0.319 e. The average Bonchev–Trinajstić information content (AvgIpc) is 3.40. The number of rotatable bonds is 6. The van der Waals surface area contributed by atoms with Crippen LogP contribution >= 0.6 is 0 Å². The quantitative estimate of drug-likeness (QED) is 0.233. The molecule has 0 saturated carbocycles. The molecule has 0 spiro atoms. The molecule has 6 atom stereocenters. The van der Waals surface area contributed by atoms with Crippen molar-refractivity contribution in [1.82, 2.24) is 25.2 Å². The van der Waals surface area contributed by atoms with Crippen LogP contribution in [0.5, 0.6) is 11.8 Å². The minimum atomic E-state index is -0.715. The van der Waals surface area contributed by atoms with Crippen LogP contribution in [0.2, 0.25) is 0 Å². The van der Waals surface area contributed by atoms with E-state index in [0.717, 1.165) is 51.9 Å². The van der Waals surface area contributed by atoms with Crippen LogP contribution < -0.4 is 15.0 Å². The van der Waals surface area contributed by atoms with Crippen LogP contribution in [0.1, 0.15) is 31.2 Å². The summed E-state index contributed by atoms with van der Waals surface area (Å²) in [5.41, 5.74) is 0.122. The van der Waals surface area contributed by atoms with Crippen LogP contribution in [0.15, 0.2) is 43.1 Å². The average molecular weight is 609 g/mol. The van der Waals surface area contributed by atoms with Crippen molar-refractivity contribution in [1.29, 1.82) is 0 Å². The molecule has 230 valence electrons. The van der Waals surface area contributed by atoms with Crippen molar-refractivity contribution in [2.75, 3.05) is 37.7 Å². The lowest BCUT2D eigenvalue weighted by atomic mass is 9.76. The third-order valence-electron chi connectivity index (χ3n) is 10.2. The number of hydrogen-bond acceptors (Lipinski definition) is 8. The van der Waals surface area contributed by atoms with Crippen LogP contribution in [-0.4, -0.2) is 75.9 Å². The molecule has 0 amide bonds. The highest BCUT2D eigenvalue weighted by Gasteiger charge is 2.39. The number of phenolic OH excluding ortho intramolecular Hbond substituents is 1. The Balaban J connectivity index is 1.23. The Kier molecular flexibility index (Phi) is 6.84. The zero-order valence-electron chi connectivity index (χ0n) is 24.8. The molecular weight excluding hydrogens is 574 g/mol. The number of nitrogens with one attached hydrogen (secondary N) is 1. The van der Waals surface area contributed by atoms with E-state index in [9.17, 15) is 9.50 Å². The van der Waals surface area contributed by atoms with E-state index in [1.165, 1.54) is 24.3 Å². The van der Waals surface area contributed by atoms with Gasteiger partial charge in [0.1, 0.15) is 35.2 Å². The van der Waals surface area contributed by atoms with E-state index in [1.54, 1.807) is 6.20 Å². The van der Waals surface area contributed by atoms with Gasteiger partial charge < -0.3 is 20.1 Å². The van der Waals surface area contributed by atoms with Crippen molar-refractivity contribution in [3.05, 3.63) is 60.3 Å². The third-order valence-corrected chi connectivity index (χ3v) is 10.2. The van der Waals surface area contributed by atoms with E-state index in [0.29, 0.717) is 52.5 Å². The molecule has 4 aromatic rings. The number of pyridine rings is 1. The second-order valence-corrected chi connectivity index (χ2v) is 12.9. The van der Waals surface area contributed by atoms with Gasteiger partial charge in [0.25, 0.3) is 0 Å². The van der Waals surface area contributed by atoms with Crippen molar-refractivity contribution in [3.63, 3.8) is 0 Å². The van der Waals surface area contributed by atoms with Gasteiger partial charge in [-0.2, -0.15) is 9.97 Å². The van der Waals surface area contributed by atoms with Crippen LogP contribution in [-0.2, 0) is 0 Å². The molecule has 5 fully saturated rings. The summed E-state index contributed by atoms with van der Waals surface area (Å²) in [5, 5.41) is 15.4. The van der Waals surface area contributed by atoms with Crippen molar-refractivity contribution >= 4 is 27.5 Å². The van der Waals surface area contributed by atoms with Crippen molar-refractivity contribution in [2.24, 2.45) is 11.8 Å². The molecule has 2 aromatic carbocycles. The monoisotopic (exact) mass is 608 g/mol. The SMILES string of the molecule is C#Cc1c(F)ccc2cc(O)cc(-c3ncc4c(N5C[C@H]6CC[C@@H](C5)N6)nc(OC[C@H]5CC6CCN5C[C@@H]6C=C)nc4c3F)c12. The molecule has 45 heavy (non-hydrogen) atoms. The molecule has 8 nitrogen and oxygen atoms in total. The van der Waals surface area contributed by atoms with Crippen LogP contribution in [0.25, 0.3) is 32.9 Å². The molecule has 0 radical (unpaired) electrons.